The van der Waals surface area contributed by atoms with E-state index in [9.17, 15) is 4.79 Å². The molecule has 0 saturated carbocycles. The van der Waals surface area contributed by atoms with Gasteiger partial charge in [0.05, 0.1) is 19.1 Å². The molecule has 98 valence electrons. The molecule has 17 heavy (non-hydrogen) atoms. The van der Waals surface area contributed by atoms with Gasteiger partial charge in [0.25, 0.3) is 0 Å². The van der Waals surface area contributed by atoms with Gasteiger partial charge in [-0.25, -0.2) is 0 Å². The third-order valence-electron chi connectivity index (χ3n) is 3.88. The largest absolute Gasteiger partial charge is 0.380 e. The minimum absolute atomic E-state index is 0.120. The van der Waals surface area contributed by atoms with Crippen LogP contribution in [0.1, 0.15) is 20.3 Å². The Morgan fingerprint density at radius 1 is 1.29 bits per heavy atom. The minimum atomic E-state index is 0.120. The predicted octanol–water partition coefficient (Wildman–Crippen LogP) is 0.618. The van der Waals surface area contributed by atoms with Gasteiger partial charge in [-0.15, -0.1) is 0 Å². The maximum Gasteiger partial charge on any atom is 0.141 e. The molecule has 2 fully saturated rings. The summed E-state index contributed by atoms with van der Waals surface area (Å²) in [6, 6.07) is 0.636. The normalized spacial score (nSPS) is 28.9. The fourth-order valence-electron chi connectivity index (χ4n) is 2.62. The molecular formula is C13H24N2O2. The van der Waals surface area contributed by atoms with E-state index in [0.29, 0.717) is 31.5 Å². The summed E-state index contributed by atoms with van der Waals surface area (Å²) >= 11 is 0. The van der Waals surface area contributed by atoms with E-state index in [1.165, 1.54) is 0 Å². The molecule has 0 amide bonds. The van der Waals surface area contributed by atoms with Gasteiger partial charge in [-0.3, -0.25) is 14.6 Å². The van der Waals surface area contributed by atoms with Crippen molar-refractivity contribution in [1.29, 1.82) is 0 Å². The van der Waals surface area contributed by atoms with Gasteiger partial charge < -0.3 is 4.74 Å². The Morgan fingerprint density at radius 2 is 2.00 bits per heavy atom. The third-order valence-corrected chi connectivity index (χ3v) is 3.88. The van der Waals surface area contributed by atoms with Crippen molar-refractivity contribution < 1.29 is 9.53 Å². The van der Waals surface area contributed by atoms with Gasteiger partial charge in [-0.2, -0.15) is 0 Å². The molecule has 2 aliphatic heterocycles. The number of piperazine rings is 1. The first kappa shape index (κ1) is 13.0. The lowest BCUT2D eigenvalue weighted by Gasteiger charge is -2.38. The number of carbonyl (C=O) groups excluding carboxylic acids is 1. The van der Waals surface area contributed by atoms with Crippen molar-refractivity contribution >= 4 is 5.78 Å². The van der Waals surface area contributed by atoms with Crippen LogP contribution in [0.2, 0.25) is 0 Å². The van der Waals surface area contributed by atoms with Crippen LogP contribution < -0.4 is 0 Å². The van der Waals surface area contributed by atoms with Crippen LogP contribution in [-0.4, -0.2) is 67.6 Å². The summed E-state index contributed by atoms with van der Waals surface area (Å²) in [5.41, 5.74) is 0. The van der Waals surface area contributed by atoms with E-state index in [0.717, 1.165) is 32.7 Å². The zero-order chi connectivity index (χ0) is 12.3. The van der Waals surface area contributed by atoms with Crippen LogP contribution in [-0.2, 0) is 9.53 Å². The molecule has 4 heteroatoms. The van der Waals surface area contributed by atoms with Gasteiger partial charge in [0.15, 0.2) is 0 Å². The fourth-order valence-corrected chi connectivity index (χ4v) is 2.62. The molecule has 4 nitrogen and oxygen atoms in total. The highest BCUT2D eigenvalue weighted by molar-refractivity contribution is 5.82. The van der Waals surface area contributed by atoms with E-state index in [1.807, 2.05) is 0 Å². The Bertz CT molecular complexity index is 260. The van der Waals surface area contributed by atoms with Crippen molar-refractivity contribution in [1.82, 2.24) is 9.80 Å². The molecule has 0 aromatic heterocycles. The molecule has 2 saturated heterocycles. The average molecular weight is 240 g/mol. The Kier molecular flexibility index (Phi) is 4.54. The molecule has 0 spiro atoms. The number of hydrogen-bond donors (Lipinski definition) is 0. The van der Waals surface area contributed by atoms with Crippen LogP contribution in [0, 0.1) is 5.92 Å². The average Bonchev–Trinajstić information content (AvgIpc) is 2.33. The Labute approximate surface area is 104 Å². The van der Waals surface area contributed by atoms with Crippen molar-refractivity contribution in [3.8, 4) is 0 Å². The fraction of sp³-hybridized carbons (Fsp3) is 0.923. The summed E-state index contributed by atoms with van der Waals surface area (Å²) in [5, 5.41) is 0. The predicted molar refractivity (Wildman–Crippen MR) is 67.1 cm³/mol. The second-order valence-corrected chi connectivity index (χ2v) is 5.42. The van der Waals surface area contributed by atoms with Crippen molar-refractivity contribution in [3.05, 3.63) is 0 Å². The Balaban J connectivity index is 1.75. The monoisotopic (exact) mass is 240 g/mol. The number of hydrogen-bond acceptors (Lipinski definition) is 4. The highest BCUT2D eigenvalue weighted by atomic mass is 16.5. The Morgan fingerprint density at radius 3 is 2.59 bits per heavy atom. The SMILES string of the molecule is CC(C)N1CCN(CC2COCCC2=O)CC1. The summed E-state index contributed by atoms with van der Waals surface area (Å²) in [5.74, 6) is 0.511. The van der Waals surface area contributed by atoms with Gasteiger partial charge in [-0.05, 0) is 13.8 Å². The van der Waals surface area contributed by atoms with Gasteiger partial charge in [0.1, 0.15) is 5.78 Å². The number of Topliss-reactive ketones (excluding diaryl/α,β-unsaturated/α-hetero) is 1. The molecule has 0 radical (unpaired) electrons. The highest BCUT2D eigenvalue weighted by Crippen LogP contribution is 2.13. The summed E-state index contributed by atoms with van der Waals surface area (Å²) in [7, 11) is 0. The molecule has 1 atom stereocenters. The van der Waals surface area contributed by atoms with E-state index in [2.05, 4.69) is 23.6 Å². The molecule has 1 unspecified atom stereocenters. The maximum absolute atomic E-state index is 11.7. The number of ketones is 1. The van der Waals surface area contributed by atoms with Crippen LogP contribution in [0.25, 0.3) is 0 Å². The number of ether oxygens (including phenoxy) is 1. The highest BCUT2D eigenvalue weighted by Gasteiger charge is 2.27. The lowest BCUT2D eigenvalue weighted by atomic mass is 9.99. The first-order chi connectivity index (χ1) is 8.16. The van der Waals surface area contributed by atoms with E-state index in [4.69, 9.17) is 4.74 Å². The lowest BCUT2D eigenvalue weighted by Crippen LogP contribution is -2.51. The standard InChI is InChI=1S/C13H24N2O2/c1-11(2)15-6-4-14(5-7-15)9-12-10-17-8-3-13(12)16/h11-12H,3-10H2,1-2H3. The molecule has 0 N–H and O–H groups in total. The summed E-state index contributed by atoms with van der Waals surface area (Å²) in [6.07, 6.45) is 0.608. The van der Waals surface area contributed by atoms with E-state index < -0.39 is 0 Å². The first-order valence-electron chi connectivity index (χ1n) is 6.73. The smallest absolute Gasteiger partial charge is 0.141 e. The van der Waals surface area contributed by atoms with Crippen LogP contribution in [0.3, 0.4) is 0 Å². The molecule has 0 aromatic carbocycles. The molecule has 2 aliphatic rings. The number of nitrogens with zero attached hydrogens (tertiary/aromatic N) is 2. The second-order valence-electron chi connectivity index (χ2n) is 5.42. The van der Waals surface area contributed by atoms with Gasteiger partial charge >= 0.3 is 0 Å². The molecule has 2 rings (SSSR count). The Hall–Kier alpha value is -0.450. The summed E-state index contributed by atoms with van der Waals surface area (Å²) < 4.78 is 5.40. The van der Waals surface area contributed by atoms with E-state index in [1.54, 1.807) is 0 Å². The molecule has 0 aromatic rings. The topological polar surface area (TPSA) is 32.8 Å². The number of carbonyl (C=O) groups is 1. The molecule has 0 bridgehead atoms. The van der Waals surface area contributed by atoms with Crippen molar-refractivity contribution in [2.75, 3.05) is 45.9 Å². The third kappa shape index (κ3) is 3.50. The van der Waals surface area contributed by atoms with Gasteiger partial charge in [-0.1, -0.05) is 0 Å². The van der Waals surface area contributed by atoms with E-state index >= 15 is 0 Å². The molecule has 2 heterocycles. The zero-order valence-corrected chi connectivity index (χ0v) is 11.0. The van der Waals surface area contributed by atoms with Crippen LogP contribution >= 0.6 is 0 Å². The van der Waals surface area contributed by atoms with E-state index in [-0.39, 0.29) is 5.92 Å². The quantitative estimate of drug-likeness (QED) is 0.724. The van der Waals surface area contributed by atoms with Crippen LogP contribution in [0.5, 0.6) is 0 Å². The van der Waals surface area contributed by atoms with Crippen molar-refractivity contribution in [2.24, 2.45) is 5.92 Å². The summed E-state index contributed by atoms with van der Waals surface area (Å²) in [4.78, 5) is 16.6. The lowest BCUT2D eigenvalue weighted by molar-refractivity contribution is -0.131. The first-order valence-corrected chi connectivity index (χ1v) is 6.73. The minimum Gasteiger partial charge on any atom is -0.380 e. The van der Waals surface area contributed by atoms with Crippen molar-refractivity contribution in [3.63, 3.8) is 0 Å². The van der Waals surface area contributed by atoms with Crippen molar-refractivity contribution in [2.45, 2.75) is 26.3 Å². The van der Waals surface area contributed by atoms with Gasteiger partial charge in [0, 0.05) is 45.2 Å². The van der Waals surface area contributed by atoms with Gasteiger partial charge in [0.2, 0.25) is 0 Å². The van der Waals surface area contributed by atoms with Crippen LogP contribution in [0.15, 0.2) is 0 Å². The molecule has 0 aliphatic carbocycles. The maximum atomic E-state index is 11.7. The molecular weight excluding hydrogens is 216 g/mol. The van der Waals surface area contributed by atoms with Crippen LogP contribution in [0.4, 0.5) is 0 Å². The second kappa shape index (κ2) is 5.94. The zero-order valence-electron chi connectivity index (χ0n) is 11.0. The summed E-state index contributed by atoms with van der Waals surface area (Å²) in [6.45, 7) is 11.1. The number of rotatable bonds is 3.